The first-order valence-electron chi connectivity index (χ1n) is 17.8. The fourth-order valence-corrected chi connectivity index (χ4v) is 6.87. The van der Waals surface area contributed by atoms with Crippen LogP contribution in [0.25, 0.3) is 22.0 Å². The highest BCUT2D eigenvalue weighted by atomic mass is 19.1. The zero-order valence-corrected chi connectivity index (χ0v) is 29.7. The van der Waals surface area contributed by atoms with Gasteiger partial charge in [-0.1, -0.05) is 12.8 Å². The number of H-pyrrole nitrogens is 1. The molecule has 4 N–H and O–H groups in total. The zero-order chi connectivity index (χ0) is 38.8. The maximum atomic E-state index is 14.6. The van der Waals surface area contributed by atoms with E-state index in [0.29, 0.717) is 46.4 Å². The van der Waals surface area contributed by atoms with Crippen LogP contribution in [0.4, 0.5) is 20.2 Å². The van der Waals surface area contributed by atoms with E-state index < -0.39 is 41.3 Å². The molecule has 3 aromatic carbocycles. The maximum Gasteiger partial charge on any atom is 0.274 e. The lowest BCUT2D eigenvalue weighted by Crippen LogP contribution is -2.54. The molecule has 2 aromatic heterocycles. The summed E-state index contributed by atoms with van der Waals surface area (Å²) in [6, 6.07) is 13.4. The SMILES string of the molecule is Cn1cc(-c2cc(NC(=O)CCCCCCNc3ccc4c(c3)C(=O)N(C3CCC(=O)NC3=O)C4=O)ccc2Oc2ccc(F)cc2F)c2cc[nH]c2c1=O. The third-order valence-electron chi connectivity index (χ3n) is 9.66. The smallest absolute Gasteiger partial charge is 0.274 e. The number of piperidine rings is 1. The van der Waals surface area contributed by atoms with Crippen molar-refractivity contribution in [1.82, 2.24) is 19.8 Å². The Morgan fingerprint density at radius 2 is 1.58 bits per heavy atom. The molecule has 5 amide bonds. The molecule has 55 heavy (non-hydrogen) atoms. The molecule has 5 aromatic rings. The minimum Gasteiger partial charge on any atom is -0.454 e. The molecule has 282 valence electrons. The number of carbonyl (C=O) groups excluding carboxylic acids is 5. The number of nitrogens with one attached hydrogen (secondary N) is 4. The summed E-state index contributed by atoms with van der Waals surface area (Å²) < 4.78 is 35.5. The Labute approximate surface area is 312 Å². The summed E-state index contributed by atoms with van der Waals surface area (Å²) in [6.07, 6.45) is 6.66. The van der Waals surface area contributed by atoms with Gasteiger partial charge in [0.25, 0.3) is 17.4 Å². The molecule has 13 nitrogen and oxygen atoms in total. The van der Waals surface area contributed by atoms with Gasteiger partial charge in [-0.3, -0.25) is 39.0 Å². The number of aromatic nitrogens is 2. The number of fused-ring (bicyclic) bond motifs is 2. The standard InChI is InChI=1S/C40H36F2N6O7/c1-47-21-29(25-15-17-44-36(25)40(47)54)27-20-24(9-13-32(27)55-33-12-7-22(41)18-30(33)42)45-34(49)6-4-2-3-5-16-43-23-8-10-26-28(19-23)39(53)48(38(26)52)31-11-14-35(50)46-37(31)51/h7-10,12-13,15,17-21,31,43-44H,2-6,11,14,16H2,1H3,(H,45,49)(H,46,50,51). The molecular formula is C40H36F2N6O7. The largest absolute Gasteiger partial charge is 0.454 e. The highest BCUT2D eigenvalue weighted by Crippen LogP contribution is 2.39. The second-order valence-corrected chi connectivity index (χ2v) is 13.5. The van der Waals surface area contributed by atoms with Crippen LogP contribution < -0.4 is 26.2 Å². The van der Waals surface area contributed by atoms with Crippen molar-refractivity contribution in [2.75, 3.05) is 17.2 Å². The van der Waals surface area contributed by atoms with Gasteiger partial charge in [0, 0.05) is 72.8 Å². The third-order valence-corrected chi connectivity index (χ3v) is 9.66. The molecular weight excluding hydrogens is 714 g/mol. The second kappa shape index (κ2) is 15.4. The van der Waals surface area contributed by atoms with E-state index in [4.69, 9.17) is 4.74 Å². The zero-order valence-electron chi connectivity index (χ0n) is 29.7. The van der Waals surface area contributed by atoms with Gasteiger partial charge in [-0.05, 0) is 73.9 Å². The molecule has 2 aliphatic heterocycles. The number of pyridine rings is 1. The topological polar surface area (TPSA) is 172 Å². The Balaban J connectivity index is 0.926. The van der Waals surface area contributed by atoms with Crippen LogP contribution in [0.5, 0.6) is 11.5 Å². The normalized spacial score (nSPS) is 15.3. The van der Waals surface area contributed by atoms with Crippen molar-refractivity contribution in [1.29, 1.82) is 0 Å². The lowest BCUT2D eigenvalue weighted by atomic mass is 10.0. The van der Waals surface area contributed by atoms with E-state index in [0.717, 1.165) is 36.3 Å². The average molecular weight is 751 g/mol. The number of hydrogen-bond donors (Lipinski definition) is 4. The Kier molecular flexibility index (Phi) is 10.3. The summed E-state index contributed by atoms with van der Waals surface area (Å²) >= 11 is 0. The van der Waals surface area contributed by atoms with E-state index in [1.54, 1.807) is 61.9 Å². The molecule has 7 rings (SSSR count). The lowest BCUT2D eigenvalue weighted by molar-refractivity contribution is -0.136. The fraction of sp³-hybridized carbons (Fsp3) is 0.250. The molecule has 1 fully saturated rings. The van der Waals surface area contributed by atoms with Gasteiger partial charge in [-0.25, -0.2) is 8.78 Å². The summed E-state index contributed by atoms with van der Waals surface area (Å²) in [6.45, 7) is 0.586. The van der Waals surface area contributed by atoms with Crippen molar-refractivity contribution in [3.63, 3.8) is 0 Å². The van der Waals surface area contributed by atoms with E-state index >= 15 is 0 Å². The number of ether oxygens (including phenoxy) is 1. The van der Waals surface area contributed by atoms with Gasteiger partial charge in [0.1, 0.15) is 23.1 Å². The molecule has 2 aliphatic rings. The molecule has 1 atom stereocenters. The van der Waals surface area contributed by atoms with Crippen LogP contribution >= 0.6 is 0 Å². The van der Waals surface area contributed by atoms with Gasteiger partial charge >= 0.3 is 0 Å². The minimum atomic E-state index is -1.02. The fourth-order valence-electron chi connectivity index (χ4n) is 6.87. The monoisotopic (exact) mass is 750 g/mol. The van der Waals surface area contributed by atoms with Crippen LogP contribution in [-0.2, 0) is 21.4 Å². The van der Waals surface area contributed by atoms with Gasteiger partial charge < -0.3 is 24.9 Å². The van der Waals surface area contributed by atoms with E-state index in [9.17, 15) is 37.5 Å². The Morgan fingerprint density at radius 1 is 0.836 bits per heavy atom. The molecule has 0 bridgehead atoms. The highest BCUT2D eigenvalue weighted by Gasteiger charge is 2.44. The number of halogens is 2. The number of rotatable bonds is 13. The van der Waals surface area contributed by atoms with Crippen molar-refractivity contribution in [3.05, 3.63) is 106 Å². The summed E-state index contributed by atoms with van der Waals surface area (Å²) in [7, 11) is 1.60. The van der Waals surface area contributed by atoms with Crippen LogP contribution in [0, 0.1) is 11.6 Å². The first-order valence-corrected chi connectivity index (χ1v) is 17.8. The molecule has 0 aliphatic carbocycles. The number of aromatic amines is 1. The molecule has 1 saturated heterocycles. The van der Waals surface area contributed by atoms with Crippen LogP contribution in [-0.4, -0.2) is 56.6 Å². The molecule has 1 unspecified atom stereocenters. The number of imide groups is 2. The molecule has 0 radical (unpaired) electrons. The van der Waals surface area contributed by atoms with Crippen LogP contribution in [0.2, 0.25) is 0 Å². The minimum absolute atomic E-state index is 0.0499. The first kappa shape index (κ1) is 36.7. The van der Waals surface area contributed by atoms with Crippen molar-refractivity contribution < 1.29 is 37.5 Å². The number of anilines is 2. The van der Waals surface area contributed by atoms with Crippen molar-refractivity contribution in [3.8, 4) is 22.6 Å². The predicted octanol–water partition coefficient (Wildman–Crippen LogP) is 6.01. The summed E-state index contributed by atoms with van der Waals surface area (Å²) in [5.74, 6) is -4.02. The molecule has 0 saturated carbocycles. The number of nitrogens with zero attached hydrogens (tertiary/aromatic N) is 2. The van der Waals surface area contributed by atoms with Crippen LogP contribution in [0.15, 0.2) is 77.9 Å². The average Bonchev–Trinajstić information content (AvgIpc) is 3.74. The van der Waals surface area contributed by atoms with E-state index in [-0.39, 0.29) is 53.4 Å². The molecule has 0 spiro atoms. The van der Waals surface area contributed by atoms with Gasteiger partial charge in [-0.15, -0.1) is 0 Å². The quantitative estimate of drug-likeness (QED) is 0.0838. The Bertz CT molecular complexity index is 2440. The molecule has 4 heterocycles. The Hall–Kier alpha value is -6.64. The number of benzene rings is 3. The van der Waals surface area contributed by atoms with Crippen molar-refractivity contribution in [2.24, 2.45) is 7.05 Å². The summed E-state index contributed by atoms with van der Waals surface area (Å²) in [5.41, 5.74) is 2.71. The lowest BCUT2D eigenvalue weighted by Gasteiger charge is -2.27. The number of carbonyl (C=O) groups is 5. The van der Waals surface area contributed by atoms with Gasteiger partial charge in [-0.2, -0.15) is 0 Å². The van der Waals surface area contributed by atoms with Gasteiger partial charge in [0.05, 0.1) is 11.1 Å². The third kappa shape index (κ3) is 7.58. The van der Waals surface area contributed by atoms with E-state index in [2.05, 4.69) is 20.9 Å². The highest BCUT2D eigenvalue weighted by molar-refractivity contribution is 6.23. The summed E-state index contributed by atoms with van der Waals surface area (Å²) in [5, 5.41) is 8.95. The Morgan fingerprint density at radius 3 is 2.38 bits per heavy atom. The first-order chi connectivity index (χ1) is 26.5. The van der Waals surface area contributed by atoms with Gasteiger partial charge in [0.15, 0.2) is 11.6 Å². The number of unbranched alkanes of at least 4 members (excludes halogenated alkanes) is 3. The number of aryl methyl sites for hydroxylation is 1. The van der Waals surface area contributed by atoms with E-state index in [1.807, 2.05) is 0 Å². The van der Waals surface area contributed by atoms with Gasteiger partial charge in [0.2, 0.25) is 17.7 Å². The van der Waals surface area contributed by atoms with Crippen LogP contribution in [0.1, 0.15) is 65.7 Å². The predicted molar refractivity (Wildman–Crippen MR) is 199 cm³/mol. The van der Waals surface area contributed by atoms with Crippen molar-refractivity contribution >= 4 is 51.8 Å². The second-order valence-electron chi connectivity index (χ2n) is 13.5. The molecule has 15 heteroatoms. The van der Waals surface area contributed by atoms with E-state index in [1.165, 1.54) is 10.6 Å². The number of hydrogen-bond acceptors (Lipinski definition) is 8. The maximum absolute atomic E-state index is 14.6. The van der Waals surface area contributed by atoms with Crippen molar-refractivity contribution in [2.45, 2.75) is 51.0 Å². The summed E-state index contributed by atoms with van der Waals surface area (Å²) in [4.78, 5) is 79.4. The van der Waals surface area contributed by atoms with Crippen LogP contribution in [0.3, 0.4) is 0 Å². The number of amides is 5.